The first-order valence-corrected chi connectivity index (χ1v) is 13.7. The van der Waals surface area contributed by atoms with Crippen LogP contribution >= 0.6 is 0 Å². The van der Waals surface area contributed by atoms with Crippen LogP contribution in [0.1, 0.15) is 32.7 Å². The van der Waals surface area contributed by atoms with Gasteiger partial charge >= 0.3 is 5.97 Å². The molecule has 4 aromatic rings. The van der Waals surface area contributed by atoms with Crippen LogP contribution in [0.2, 0.25) is 0 Å². The van der Waals surface area contributed by atoms with Gasteiger partial charge in [-0.3, -0.25) is 14.4 Å². The maximum atomic E-state index is 13.8. The van der Waals surface area contributed by atoms with Crippen LogP contribution in [0, 0.1) is 6.92 Å². The summed E-state index contributed by atoms with van der Waals surface area (Å²) in [5.74, 6) is -0.331. The van der Waals surface area contributed by atoms with Gasteiger partial charge in [0, 0.05) is 20.1 Å². The number of nitrogens with zero attached hydrogens (tertiary/aromatic N) is 1. The SMILES string of the molecule is COC(=O)CCNCCOc1ccccc1N(C)C(=O)c1ccccc1NC(=O)c1c(C)cccc1-c1ccccc1. The molecule has 0 fully saturated rings. The van der Waals surface area contributed by atoms with Crippen molar-refractivity contribution in [2.24, 2.45) is 0 Å². The number of methoxy groups -OCH3 is 1. The molecule has 0 aliphatic carbocycles. The minimum absolute atomic E-state index is 0.275. The summed E-state index contributed by atoms with van der Waals surface area (Å²) in [6.07, 6.45) is 0.275. The third-order valence-corrected chi connectivity index (χ3v) is 6.79. The smallest absolute Gasteiger partial charge is 0.306 e. The van der Waals surface area contributed by atoms with Crippen molar-refractivity contribution in [3.63, 3.8) is 0 Å². The first-order valence-electron chi connectivity index (χ1n) is 13.7. The fraction of sp³-hybridized carbons (Fsp3) is 0.206. The van der Waals surface area contributed by atoms with Crippen LogP contribution in [0.15, 0.2) is 97.1 Å². The Balaban J connectivity index is 1.50. The van der Waals surface area contributed by atoms with Gasteiger partial charge in [0.15, 0.2) is 0 Å². The van der Waals surface area contributed by atoms with Gasteiger partial charge in [-0.05, 0) is 47.9 Å². The number of nitrogens with one attached hydrogen (secondary N) is 2. The number of ether oxygens (including phenoxy) is 2. The molecule has 0 heterocycles. The van der Waals surface area contributed by atoms with Gasteiger partial charge in [0.2, 0.25) is 0 Å². The van der Waals surface area contributed by atoms with Crippen LogP contribution in [-0.2, 0) is 9.53 Å². The van der Waals surface area contributed by atoms with Gasteiger partial charge in [0.05, 0.1) is 36.0 Å². The highest BCUT2D eigenvalue weighted by Crippen LogP contribution is 2.31. The van der Waals surface area contributed by atoms with E-state index in [1.807, 2.05) is 67.6 Å². The molecule has 8 nitrogen and oxygen atoms in total. The van der Waals surface area contributed by atoms with Crippen molar-refractivity contribution in [3.05, 3.63) is 114 Å². The molecule has 0 bridgehead atoms. The predicted octanol–water partition coefficient (Wildman–Crippen LogP) is 5.72. The summed E-state index contributed by atoms with van der Waals surface area (Å²) >= 11 is 0. The molecule has 0 unspecified atom stereocenters. The quantitative estimate of drug-likeness (QED) is 0.168. The number of hydrogen-bond acceptors (Lipinski definition) is 6. The Morgan fingerprint density at radius 3 is 2.31 bits per heavy atom. The Morgan fingerprint density at radius 2 is 1.52 bits per heavy atom. The molecule has 0 spiro atoms. The van der Waals surface area contributed by atoms with Gasteiger partial charge in [-0.1, -0.05) is 72.8 Å². The predicted molar refractivity (Wildman–Crippen MR) is 165 cm³/mol. The maximum absolute atomic E-state index is 13.8. The third-order valence-electron chi connectivity index (χ3n) is 6.79. The van der Waals surface area contributed by atoms with Crippen LogP contribution in [0.25, 0.3) is 11.1 Å². The van der Waals surface area contributed by atoms with Gasteiger partial charge in [-0.15, -0.1) is 0 Å². The van der Waals surface area contributed by atoms with Gasteiger partial charge in [0.1, 0.15) is 12.4 Å². The van der Waals surface area contributed by atoms with Crippen LogP contribution in [0.5, 0.6) is 5.75 Å². The van der Waals surface area contributed by atoms with E-state index < -0.39 is 0 Å². The number of hydrogen-bond donors (Lipinski definition) is 2. The molecule has 0 radical (unpaired) electrons. The van der Waals surface area contributed by atoms with E-state index in [1.54, 1.807) is 43.4 Å². The first-order chi connectivity index (χ1) is 20.4. The molecule has 0 aromatic heterocycles. The molecular formula is C34H35N3O5. The summed E-state index contributed by atoms with van der Waals surface area (Å²) in [7, 11) is 3.03. The number of para-hydroxylation sites is 3. The lowest BCUT2D eigenvalue weighted by Crippen LogP contribution is -2.29. The number of carbonyl (C=O) groups excluding carboxylic acids is 3. The second-order valence-corrected chi connectivity index (χ2v) is 9.62. The molecule has 0 aliphatic rings. The zero-order chi connectivity index (χ0) is 29.9. The lowest BCUT2D eigenvalue weighted by atomic mass is 9.95. The Kier molecular flexibility index (Phi) is 10.4. The van der Waals surface area contributed by atoms with Gasteiger partial charge in [-0.2, -0.15) is 0 Å². The minimum Gasteiger partial charge on any atom is -0.490 e. The summed E-state index contributed by atoms with van der Waals surface area (Å²) in [5, 5.41) is 6.12. The number of anilines is 2. The zero-order valence-corrected chi connectivity index (χ0v) is 24.1. The Bertz CT molecular complexity index is 1540. The lowest BCUT2D eigenvalue weighted by molar-refractivity contribution is -0.140. The average Bonchev–Trinajstić information content (AvgIpc) is 3.02. The van der Waals surface area contributed by atoms with E-state index >= 15 is 0 Å². The molecule has 4 rings (SSSR count). The number of benzene rings is 4. The Hall–Kier alpha value is -4.95. The van der Waals surface area contributed by atoms with Crippen molar-refractivity contribution in [2.45, 2.75) is 13.3 Å². The van der Waals surface area contributed by atoms with E-state index in [9.17, 15) is 14.4 Å². The normalized spacial score (nSPS) is 10.5. The zero-order valence-electron chi connectivity index (χ0n) is 24.1. The topological polar surface area (TPSA) is 97.0 Å². The number of carbonyl (C=O) groups is 3. The summed E-state index contributed by atoms with van der Waals surface area (Å²) in [6.45, 7) is 3.24. The molecule has 2 amide bonds. The molecule has 2 N–H and O–H groups in total. The fourth-order valence-electron chi connectivity index (χ4n) is 4.59. The third kappa shape index (κ3) is 7.41. The van der Waals surface area contributed by atoms with Crippen molar-refractivity contribution in [1.82, 2.24) is 5.32 Å². The van der Waals surface area contributed by atoms with Crippen molar-refractivity contribution >= 4 is 29.2 Å². The lowest BCUT2D eigenvalue weighted by Gasteiger charge is -2.22. The molecule has 0 saturated heterocycles. The molecular weight excluding hydrogens is 530 g/mol. The van der Waals surface area contributed by atoms with Crippen LogP contribution < -0.4 is 20.3 Å². The molecule has 0 aliphatic heterocycles. The van der Waals surface area contributed by atoms with E-state index in [0.29, 0.717) is 47.9 Å². The Labute approximate surface area is 246 Å². The van der Waals surface area contributed by atoms with Crippen molar-refractivity contribution in [3.8, 4) is 16.9 Å². The van der Waals surface area contributed by atoms with E-state index in [1.165, 1.54) is 12.0 Å². The van der Waals surface area contributed by atoms with Crippen LogP contribution in [-0.4, -0.2) is 51.6 Å². The molecule has 0 saturated carbocycles. The van der Waals surface area contributed by atoms with E-state index in [4.69, 9.17) is 4.74 Å². The van der Waals surface area contributed by atoms with E-state index in [0.717, 1.165) is 16.7 Å². The maximum Gasteiger partial charge on any atom is 0.306 e. The highest BCUT2D eigenvalue weighted by atomic mass is 16.5. The number of amides is 2. The number of aryl methyl sites for hydroxylation is 1. The Morgan fingerprint density at radius 1 is 0.810 bits per heavy atom. The summed E-state index contributed by atoms with van der Waals surface area (Å²) in [6, 6.07) is 29.7. The van der Waals surface area contributed by atoms with Crippen molar-refractivity contribution in [2.75, 3.05) is 44.1 Å². The highest BCUT2D eigenvalue weighted by Gasteiger charge is 2.22. The van der Waals surface area contributed by atoms with Gasteiger partial charge in [0.25, 0.3) is 11.8 Å². The van der Waals surface area contributed by atoms with Gasteiger partial charge in [-0.25, -0.2) is 0 Å². The summed E-state index contributed by atoms with van der Waals surface area (Å²) < 4.78 is 10.6. The fourth-order valence-corrected chi connectivity index (χ4v) is 4.59. The minimum atomic E-state index is -0.300. The van der Waals surface area contributed by atoms with Crippen molar-refractivity contribution < 1.29 is 23.9 Å². The summed E-state index contributed by atoms with van der Waals surface area (Å²) in [4.78, 5) is 40.2. The monoisotopic (exact) mass is 565 g/mol. The second-order valence-electron chi connectivity index (χ2n) is 9.62. The first kappa shape index (κ1) is 30.0. The molecule has 216 valence electrons. The number of rotatable bonds is 12. The van der Waals surface area contributed by atoms with E-state index in [2.05, 4.69) is 15.4 Å². The standard InChI is InChI=1S/C34H35N3O5/c1-24-12-11-16-26(25-13-5-4-6-14-25)32(24)33(39)36-28-17-8-7-15-27(28)34(40)37(2)29-18-9-10-19-30(29)42-23-22-35-21-20-31(38)41-3/h4-19,35H,20-23H2,1-3H3,(H,36,39). The number of esters is 1. The summed E-state index contributed by atoms with van der Waals surface area (Å²) in [5.41, 5.74) is 4.49. The highest BCUT2D eigenvalue weighted by molar-refractivity contribution is 6.15. The molecule has 8 heteroatoms. The molecule has 0 atom stereocenters. The van der Waals surface area contributed by atoms with Gasteiger partial charge < -0.3 is 25.0 Å². The van der Waals surface area contributed by atoms with E-state index in [-0.39, 0.29) is 24.2 Å². The molecule has 4 aromatic carbocycles. The molecule has 42 heavy (non-hydrogen) atoms. The largest absolute Gasteiger partial charge is 0.490 e. The average molecular weight is 566 g/mol. The second kappa shape index (κ2) is 14.6. The van der Waals surface area contributed by atoms with Crippen LogP contribution in [0.4, 0.5) is 11.4 Å². The van der Waals surface area contributed by atoms with Crippen LogP contribution in [0.3, 0.4) is 0 Å². The van der Waals surface area contributed by atoms with Crippen molar-refractivity contribution in [1.29, 1.82) is 0 Å².